The van der Waals surface area contributed by atoms with Crippen LogP contribution in [0.5, 0.6) is 0 Å². The van der Waals surface area contributed by atoms with Crippen molar-refractivity contribution in [3.63, 3.8) is 0 Å². The average Bonchev–Trinajstić information content (AvgIpc) is 3.06. The highest BCUT2D eigenvalue weighted by Gasteiger charge is 2.36. The second kappa shape index (κ2) is 7.35. The molecule has 1 aromatic carbocycles. The quantitative estimate of drug-likeness (QED) is 0.928. The molecule has 4 heteroatoms. The summed E-state index contributed by atoms with van der Waals surface area (Å²) in [6.07, 6.45) is 4.25. The summed E-state index contributed by atoms with van der Waals surface area (Å²) < 4.78 is 0. The van der Waals surface area contributed by atoms with E-state index < -0.39 is 0 Å². The van der Waals surface area contributed by atoms with Gasteiger partial charge >= 0.3 is 0 Å². The van der Waals surface area contributed by atoms with Crippen LogP contribution in [0.25, 0.3) is 0 Å². The van der Waals surface area contributed by atoms with E-state index in [4.69, 9.17) is 0 Å². The summed E-state index contributed by atoms with van der Waals surface area (Å²) >= 11 is 0. The van der Waals surface area contributed by atoms with Crippen molar-refractivity contribution in [1.82, 2.24) is 9.80 Å². The van der Waals surface area contributed by atoms with Crippen LogP contribution in [0.15, 0.2) is 30.3 Å². The van der Waals surface area contributed by atoms with Crippen LogP contribution < -0.4 is 5.32 Å². The summed E-state index contributed by atoms with van der Waals surface area (Å²) in [4.78, 5) is 17.3. The van der Waals surface area contributed by atoms with Crippen molar-refractivity contribution in [1.29, 1.82) is 0 Å². The van der Waals surface area contributed by atoms with E-state index in [2.05, 4.69) is 53.2 Å². The van der Waals surface area contributed by atoms with Crippen LogP contribution in [0.1, 0.15) is 39.5 Å². The second-order valence-corrected chi connectivity index (χ2v) is 7.10. The molecular weight excluding hydrogens is 286 g/mol. The fourth-order valence-electron chi connectivity index (χ4n) is 3.90. The smallest absolute Gasteiger partial charge is 0.239 e. The Morgan fingerprint density at radius 2 is 1.78 bits per heavy atom. The molecule has 3 rings (SSSR count). The van der Waals surface area contributed by atoms with E-state index >= 15 is 0 Å². The molecule has 2 aliphatic heterocycles. The molecule has 1 atom stereocenters. The average molecular weight is 315 g/mol. The molecule has 0 aromatic heterocycles. The fraction of sp³-hybridized carbons (Fsp3) is 0.632. The Labute approximate surface area is 139 Å². The number of carbonyl (C=O) groups excluding carboxylic acids is 1. The van der Waals surface area contributed by atoms with Crippen molar-refractivity contribution in [3.05, 3.63) is 30.3 Å². The second-order valence-electron chi connectivity index (χ2n) is 7.10. The van der Waals surface area contributed by atoms with E-state index in [0.29, 0.717) is 18.0 Å². The Bertz CT molecular complexity index is 509. The third-order valence-electron chi connectivity index (χ3n) is 5.19. The highest BCUT2D eigenvalue weighted by molar-refractivity contribution is 5.82. The van der Waals surface area contributed by atoms with Crippen LogP contribution in [0.2, 0.25) is 0 Å². The molecule has 2 saturated heterocycles. The summed E-state index contributed by atoms with van der Waals surface area (Å²) in [5, 5.41) is 3.59. The molecule has 2 fully saturated rings. The minimum Gasteiger partial charge on any atom is -0.382 e. The van der Waals surface area contributed by atoms with Gasteiger partial charge in [-0.1, -0.05) is 18.2 Å². The first-order chi connectivity index (χ1) is 11.1. The molecule has 23 heavy (non-hydrogen) atoms. The number of piperidine rings is 1. The monoisotopic (exact) mass is 315 g/mol. The van der Waals surface area contributed by atoms with Gasteiger partial charge in [-0.3, -0.25) is 9.69 Å². The zero-order valence-corrected chi connectivity index (χ0v) is 14.4. The molecule has 1 N–H and O–H groups in total. The Balaban J connectivity index is 1.51. The van der Waals surface area contributed by atoms with E-state index in [0.717, 1.165) is 45.3 Å². The predicted octanol–water partition coefficient (Wildman–Crippen LogP) is 2.96. The number of nitrogens with zero attached hydrogens (tertiary/aromatic N) is 2. The molecule has 0 saturated carbocycles. The Kier molecular flexibility index (Phi) is 5.21. The molecule has 1 aromatic rings. The molecule has 4 nitrogen and oxygen atoms in total. The van der Waals surface area contributed by atoms with Gasteiger partial charge in [0.2, 0.25) is 5.91 Å². The van der Waals surface area contributed by atoms with Gasteiger partial charge in [0, 0.05) is 30.9 Å². The van der Waals surface area contributed by atoms with Crippen molar-refractivity contribution in [2.24, 2.45) is 0 Å². The normalized spacial score (nSPS) is 23.4. The number of hydrogen-bond donors (Lipinski definition) is 1. The maximum atomic E-state index is 12.8. The topological polar surface area (TPSA) is 35.6 Å². The summed E-state index contributed by atoms with van der Waals surface area (Å²) in [5.74, 6) is 0.356. The summed E-state index contributed by atoms with van der Waals surface area (Å²) in [6, 6.07) is 11.4. The Morgan fingerprint density at radius 3 is 2.43 bits per heavy atom. The Morgan fingerprint density at radius 1 is 1.09 bits per heavy atom. The first-order valence-corrected chi connectivity index (χ1v) is 9.01. The van der Waals surface area contributed by atoms with Crippen LogP contribution >= 0.6 is 0 Å². The van der Waals surface area contributed by atoms with E-state index in [1.165, 1.54) is 5.69 Å². The number of likely N-dealkylation sites (tertiary alicyclic amines) is 2. The number of carbonyl (C=O) groups is 1. The lowest BCUT2D eigenvalue weighted by atomic mass is 10.0. The van der Waals surface area contributed by atoms with Gasteiger partial charge in [-0.05, 0) is 58.2 Å². The van der Waals surface area contributed by atoms with E-state index in [1.807, 2.05) is 6.07 Å². The molecule has 0 aliphatic carbocycles. The highest BCUT2D eigenvalue weighted by atomic mass is 16.2. The Hall–Kier alpha value is -1.55. The number of hydrogen-bond acceptors (Lipinski definition) is 3. The molecule has 0 radical (unpaired) electrons. The summed E-state index contributed by atoms with van der Waals surface area (Å²) in [5.41, 5.74) is 1.18. The number of para-hydroxylation sites is 1. The number of amides is 1. The zero-order valence-electron chi connectivity index (χ0n) is 14.4. The van der Waals surface area contributed by atoms with Gasteiger partial charge in [0.15, 0.2) is 0 Å². The number of nitrogens with one attached hydrogen (secondary N) is 1. The van der Waals surface area contributed by atoms with E-state index in [-0.39, 0.29) is 6.04 Å². The summed E-state index contributed by atoms with van der Waals surface area (Å²) in [6.45, 7) is 7.22. The lowest BCUT2D eigenvalue weighted by molar-refractivity contribution is -0.137. The first kappa shape index (κ1) is 16.3. The van der Waals surface area contributed by atoms with Crippen molar-refractivity contribution in [3.8, 4) is 0 Å². The fourth-order valence-corrected chi connectivity index (χ4v) is 3.90. The van der Waals surface area contributed by atoms with Crippen LogP contribution in [0.4, 0.5) is 5.69 Å². The number of benzene rings is 1. The zero-order chi connectivity index (χ0) is 16.2. The van der Waals surface area contributed by atoms with E-state index in [1.54, 1.807) is 0 Å². The minimum atomic E-state index is 0.119. The van der Waals surface area contributed by atoms with Gasteiger partial charge in [0.1, 0.15) is 0 Å². The molecular formula is C19H29N3O. The number of anilines is 1. The van der Waals surface area contributed by atoms with Gasteiger partial charge in [-0.15, -0.1) is 0 Å². The van der Waals surface area contributed by atoms with E-state index in [9.17, 15) is 4.79 Å². The van der Waals surface area contributed by atoms with Gasteiger partial charge in [-0.25, -0.2) is 0 Å². The molecule has 0 spiro atoms. The molecule has 0 bridgehead atoms. The van der Waals surface area contributed by atoms with Crippen molar-refractivity contribution in [2.45, 2.75) is 57.7 Å². The van der Waals surface area contributed by atoms with Crippen molar-refractivity contribution >= 4 is 11.6 Å². The van der Waals surface area contributed by atoms with Crippen LogP contribution in [-0.2, 0) is 4.79 Å². The van der Waals surface area contributed by atoms with Crippen molar-refractivity contribution < 1.29 is 4.79 Å². The number of rotatable bonds is 4. The summed E-state index contributed by atoms with van der Waals surface area (Å²) in [7, 11) is 0. The van der Waals surface area contributed by atoms with Gasteiger partial charge in [0.25, 0.3) is 0 Å². The predicted molar refractivity (Wildman–Crippen MR) is 94.5 cm³/mol. The highest BCUT2D eigenvalue weighted by Crippen LogP contribution is 2.24. The molecule has 0 unspecified atom stereocenters. The third kappa shape index (κ3) is 3.86. The van der Waals surface area contributed by atoms with Gasteiger partial charge in [0.05, 0.1) is 6.04 Å². The maximum Gasteiger partial charge on any atom is 0.239 e. The molecule has 1 amide bonds. The first-order valence-electron chi connectivity index (χ1n) is 9.01. The maximum absolute atomic E-state index is 12.8. The minimum absolute atomic E-state index is 0.119. The molecule has 2 heterocycles. The van der Waals surface area contributed by atoms with Crippen LogP contribution in [-0.4, -0.2) is 53.5 Å². The molecule has 126 valence electrons. The van der Waals surface area contributed by atoms with Crippen LogP contribution in [0.3, 0.4) is 0 Å². The lowest BCUT2D eigenvalue weighted by Gasteiger charge is -2.37. The van der Waals surface area contributed by atoms with Gasteiger partial charge in [-0.2, -0.15) is 0 Å². The lowest BCUT2D eigenvalue weighted by Crippen LogP contribution is -2.51. The van der Waals surface area contributed by atoms with Gasteiger partial charge < -0.3 is 10.2 Å². The third-order valence-corrected chi connectivity index (χ3v) is 5.19. The SMILES string of the molecule is CC(C)N1CCC[C@@H]1C(=O)N1CCC(Nc2ccccc2)CC1. The van der Waals surface area contributed by atoms with Crippen LogP contribution in [0, 0.1) is 0 Å². The molecule has 2 aliphatic rings. The standard InChI is InChI=1S/C19H29N3O/c1-15(2)22-12-6-9-18(22)19(23)21-13-10-17(11-14-21)20-16-7-4-3-5-8-16/h3-5,7-8,15,17-18,20H,6,9-14H2,1-2H3/t18-/m1/s1. The van der Waals surface area contributed by atoms with Crippen molar-refractivity contribution in [2.75, 3.05) is 25.0 Å². The largest absolute Gasteiger partial charge is 0.382 e.